The number of carbonyl (C=O) groups excluding carboxylic acids is 1. The van der Waals surface area contributed by atoms with Crippen molar-refractivity contribution in [2.75, 3.05) is 6.54 Å². The maximum Gasteiger partial charge on any atom is 0.351 e. The zero-order valence-corrected chi connectivity index (χ0v) is 15.0. The van der Waals surface area contributed by atoms with E-state index in [4.69, 9.17) is 4.84 Å². The SMILES string of the molecule is O=C(NCC1=NOC(Cc2ccccc2)(C(=O)O)C1)c1cccc2[nH]ccc12. The molecule has 0 spiro atoms. The second-order valence-electron chi connectivity index (χ2n) is 6.81. The van der Waals surface area contributed by atoms with Crippen LogP contribution in [0.5, 0.6) is 0 Å². The fourth-order valence-corrected chi connectivity index (χ4v) is 3.41. The zero-order chi connectivity index (χ0) is 19.6. The summed E-state index contributed by atoms with van der Waals surface area (Å²) in [6, 6.07) is 16.6. The summed E-state index contributed by atoms with van der Waals surface area (Å²) in [7, 11) is 0. The molecule has 0 fully saturated rings. The summed E-state index contributed by atoms with van der Waals surface area (Å²) in [5, 5.41) is 17.3. The van der Waals surface area contributed by atoms with Crippen molar-refractivity contribution in [3.8, 4) is 0 Å². The van der Waals surface area contributed by atoms with E-state index in [0.29, 0.717) is 11.3 Å². The molecule has 7 nitrogen and oxygen atoms in total. The van der Waals surface area contributed by atoms with Crippen molar-refractivity contribution in [1.82, 2.24) is 10.3 Å². The number of aromatic amines is 1. The number of nitrogens with one attached hydrogen (secondary N) is 2. The molecule has 4 rings (SSSR count). The molecule has 0 saturated heterocycles. The number of rotatable bonds is 6. The van der Waals surface area contributed by atoms with E-state index >= 15 is 0 Å². The first-order chi connectivity index (χ1) is 13.6. The predicted octanol–water partition coefficient (Wildman–Crippen LogP) is 2.74. The van der Waals surface area contributed by atoms with Crippen molar-refractivity contribution < 1.29 is 19.5 Å². The van der Waals surface area contributed by atoms with Crippen molar-refractivity contribution in [2.24, 2.45) is 5.16 Å². The van der Waals surface area contributed by atoms with Crippen LogP contribution in [0, 0.1) is 0 Å². The number of aromatic nitrogens is 1. The first-order valence-electron chi connectivity index (χ1n) is 8.93. The summed E-state index contributed by atoms with van der Waals surface area (Å²) in [6.45, 7) is 0.128. The van der Waals surface area contributed by atoms with E-state index in [-0.39, 0.29) is 25.3 Å². The largest absolute Gasteiger partial charge is 0.478 e. The van der Waals surface area contributed by atoms with E-state index in [0.717, 1.165) is 16.5 Å². The Morgan fingerprint density at radius 3 is 2.75 bits per heavy atom. The molecule has 2 aromatic carbocycles. The first kappa shape index (κ1) is 17.8. The minimum Gasteiger partial charge on any atom is -0.478 e. The molecule has 142 valence electrons. The van der Waals surface area contributed by atoms with E-state index in [2.05, 4.69) is 15.5 Å². The summed E-state index contributed by atoms with van der Waals surface area (Å²) in [6.07, 6.45) is 2.10. The fourth-order valence-electron chi connectivity index (χ4n) is 3.41. The molecule has 7 heteroatoms. The van der Waals surface area contributed by atoms with Gasteiger partial charge in [-0.15, -0.1) is 0 Å². The molecule has 1 unspecified atom stereocenters. The Kier molecular flexibility index (Phi) is 4.57. The van der Waals surface area contributed by atoms with Gasteiger partial charge in [-0.3, -0.25) is 4.79 Å². The summed E-state index contributed by atoms with van der Waals surface area (Å²) in [4.78, 5) is 32.8. The molecule has 1 amide bonds. The Bertz CT molecular complexity index is 1060. The van der Waals surface area contributed by atoms with Crippen LogP contribution in [0.1, 0.15) is 22.3 Å². The highest BCUT2D eigenvalue weighted by Crippen LogP contribution is 2.29. The van der Waals surface area contributed by atoms with Gasteiger partial charge in [0.2, 0.25) is 5.60 Å². The van der Waals surface area contributed by atoms with Crippen LogP contribution in [-0.2, 0) is 16.1 Å². The van der Waals surface area contributed by atoms with Gasteiger partial charge in [0.25, 0.3) is 5.91 Å². The highest BCUT2D eigenvalue weighted by Gasteiger charge is 2.46. The maximum atomic E-state index is 12.6. The van der Waals surface area contributed by atoms with Gasteiger partial charge < -0.3 is 20.2 Å². The van der Waals surface area contributed by atoms with Crippen LogP contribution in [0.25, 0.3) is 10.9 Å². The summed E-state index contributed by atoms with van der Waals surface area (Å²) in [5.74, 6) is -1.32. The molecular weight excluding hydrogens is 358 g/mol. The summed E-state index contributed by atoms with van der Waals surface area (Å²) >= 11 is 0. The predicted molar refractivity (Wildman–Crippen MR) is 104 cm³/mol. The number of benzene rings is 2. The summed E-state index contributed by atoms with van der Waals surface area (Å²) < 4.78 is 0. The zero-order valence-electron chi connectivity index (χ0n) is 15.0. The van der Waals surface area contributed by atoms with Crippen molar-refractivity contribution in [3.05, 3.63) is 71.9 Å². The van der Waals surface area contributed by atoms with Crippen LogP contribution in [0.3, 0.4) is 0 Å². The van der Waals surface area contributed by atoms with Gasteiger partial charge in [-0.05, 0) is 23.8 Å². The average molecular weight is 377 g/mol. The van der Waals surface area contributed by atoms with Gasteiger partial charge in [0.15, 0.2) is 0 Å². The highest BCUT2D eigenvalue weighted by atomic mass is 16.7. The number of aliphatic carboxylic acids is 1. The van der Waals surface area contributed by atoms with Crippen LogP contribution < -0.4 is 5.32 Å². The molecule has 28 heavy (non-hydrogen) atoms. The molecule has 1 aromatic heterocycles. The van der Waals surface area contributed by atoms with E-state index in [1.807, 2.05) is 42.5 Å². The van der Waals surface area contributed by atoms with Crippen LogP contribution in [-0.4, -0.2) is 39.8 Å². The fraction of sp³-hybridized carbons (Fsp3) is 0.190. The molecule has 1 aliphatic rings. The van der Waals surface area contributed by atoms with Gasteiger partial charge >= 0.3 is 5.97 Å². The highest BCUT2D eigenvalue weighted by molar-refractivity contribution is 6.07. The molecule has 1 aliphatic heterocycles. The third-order valence-corrected chi connectivity index (χ3v) is 4.85. The topological polar surface area (TPSA) is 104 Å². The molecule has 0 radical (unpaired) electrons. The lowest BCUT2D eigenvalue weighted by Crippen LogP contribution is -2.42. The number of oxime groups is 1. The van der Waals surface area contributed by atoms with Crippen molar-refractivity contribution in [3.63, 3.8) is 0 Å². The molecule has 0 aliphatic carbocycles. The second-order valence-corrected chi connectivity index (χ2v) is 6.81. The average Bonchev–Trinajstić information content (AvgIpc) is 3.34. The van der Waals surface area contributed by atoms with E-state index in [1.54, 1.807) is 18.3 Å². The Morgan fingerprint density at radius 1 is 1.14 bits per heavy atom. The monoisotopic (exact) mass is 377 g/mol. The van der Waals surface area contributed by atoms with Crippen molar-refractivity contribution in [1.29, 1.82) is 0 Å². The number of amides is 1. The lowest BCUT2D eigenvalue weighted by molar-refractivity contribution is -0.162. The normalized spacial score (nSPS) is 18.5. The number of carbonyl (C=O) groups is 2. The smallest absolute Gasteiger partial charge is 0.351 e. The standard InChI is InChI=1S/C21H19N3O4/c25-19(17-7-4-8-18-16(17)9-10-22-18)23-13-15-12-21(20(26)27,28-24-15)11-14-5-2-1-3-6-14/h1-10,22H,11-13H2,(H,23,25)(H,26,27). The Hall–Kier alpha value is -3.61. The number of carboxylic acids is 1. The van der Waals surface area contributed by atoms with Crippen LogP contribution >= 0.6 is 0 Å². The lowest BCUT2D eigenvalue weighted by Gasteiger charge is -2.21. The minimum atomic E-state index is -1.44. The maximum absolute atomic E-state index is 12.6. The third-order valence-electron chi connectivity index (χ3n) is 4.85. The van der Waals surface area contributed by atoms with Gasteiger partial charge in [-0.25, -0.2) is 4.79 Å². The van der Waals surface area contributed by atoms with Crippen LogP contribution in [0.2, 0.25) is 0 Å². The van der Waals surface area contributed by atoms with E-state index in [1.165, 1.54) is 0 Å². The van der Waals surface area contributed by atoms with Gasteiger partial charge in [-0.1, -0.05) is 41.6 Å². The molecule has 3 aromatic rings. The minimum absolute atomic E-state index is 0.117. The van der Waals surface area contributed by atoms with Crippen LogP contribution in [0.4, 0.5) is 0 Å². The number of carboxylic acid groups (broad SMARTS) is 1. The molecular formula is C21H19N3O4. The molecule has 3 N–H and O–H groups in total. The summed E-state index contributed by atoms with van der Waals surface area (Å²) in [5.41, 5.74) is 1.33. The second kappa shape index (κ2) is 7.19. The quantitative estimate of drug-likeness (QED) is 0.614. The van der Waals surface area contributed by atoms with Gasteiger partial charge in [0, 0.05) is 35.5 Å². The number of nitrogens with zero attached hydrogens (tertiary/aromatic N) is 1. The van der Waals surface area contributed by atoms with Gasteiger partial charge in [0.1, 0.15) is 0 Å². The van der Waals surface area contributed by atoms with Crippen molar-refractivity contribution >= 4 is 28.5 Å². The number of H-pyrrole nitrogens is 1. The Morgan fingerprint density at radius 2 is 1.96 bits per heavy atom. The first-order valence-corrected chi connectivity index (χ1v) is 8.93. The molecule has 0 bridgehead atoms. The van der Waals surface area contributed by atoms with E-state index in [9.17, 15) is 14.7 Å². The molecule has 0 saturated carbocycles. The number of hydrogen-bond acceptors (Lipinski definition) is 4. The number of hydrogen-bond donors (Lipinski definition) is 3. The van der Waals surface area contributed by atoms with Gasteiger partial charge in [-0.2, -0.15) is 0 Å². The van der Waals surface area contributed by atoms with E-state index < -0.39 is 11.6 Å². The van der Waals surface area contributed by atoms with Crippen molar-refractivity contribution in [2.45, 2.75) is 18.4 Å². The Labute approximate surface area is 161 Å². The van der Waals surface area contributed by atoms with Crippen LogP contribution in [0.15, 0.2) is 65.9 Å². The molecule has 1 atom stereocenters. The Balaban J connectivity index is 1.43. The third kappa shape index (κ3) is 3.34. The molecule has 2 heterocycles. The lowest BCUT2D eigenvalue weighted by atomic mass is 9.90. The number of fused-ring (bicyclic) bond motifs is 1. The van der Waals surface area contributed by atoms with Gasteiger partial charge in [0.05, 0.1) is 12.3 Å².